The van der Waals surface area contributed by atoms with Crippen molar-refractivity contribution in [1.82, 2.24) is 9.80 Å². The fourth-order valence-electron chi connectivity index (χ4n) is 3.10. The van der Waals surface area contributed by atoms with Gasteiger partial charge in [0.05, 0.1) is 24.6 Å². The minimum atomic E-state index is -0.694. The molecule has 1 fully saturated rings. The Labute approximate surface area is 161 Å². The SMILES string of the molecule is C=C(CCl)N(Cc1ccccc1)C1CCN(C(=O)OC(C)(C)C)CC1O. The van der Waals surface area contributed by atoms with E-state index in [1.165, 1.54) is 0 Å². The lowest BCUT2D eigenvalue weighted by Gasteiger charge is -2.43. The number of allylic oxidation sites excluding steroid dienone is 1. The number of nitrogens with zero attached hydrogens (tertiary/aromatic N) is 2. The Morgan fingerprint density at radius 1 is 1.38 bits per heavy atom. The van der Waals surface area contributed by atoms with Gasteiger partial charge < -0.3 is 19.6 Å². The number of halogens is 1. The number of alkyl halides is 1. The van der Waals surface area contributed by atoms with Crippen molar-refractivity contribution < 1.29 is 14.6 Å². The Morgan fingerprint density at radius 3 is 2.58 bits per heavy atom. The van der Waals surface area contributed by atoms with Crippen LogP contribution in [0.2, 0.25) is 0 Å². The Bertz CT molecular complexity index is 615. The molecule has 2 atom stereocenters. The molecule has 2 rings (SSSR count). The normalized spacial score (nSPS) is 20.6. The largest absolute Gasteiger partial charge is 0.444 e. The first-order valence-electron chi connectivity index (χ1n) is 8.91. The van der Waals surface area contributed by atoms with Crippen LogP contribution in [0, 0.1) is 0 Å². The van der Waals surface area contributed by atoms with Crippen LogP contribution in [0.1, 0.15) is 32.8 Å². The second-order valence-corrected chi connectivity index (χ2v) is 7.93. The Balaban J connectivity index is 2.06. The van der Waals surface area contributed by atoms with Gasteiger partial charge in [0, 0.05) is 18.8 Å². The predicted molar refractivity (Wildman–Crippen MR) is 104 cm³/mol. The summed E-state index contributed by atoms with van der Waals surface area (Å²) >= 11 is 6.02. The Morgan fingerprint density at radius 2 is 2.04 bits per heavy atom. The number of β-amino-alcohol motifs (C(OH)–C–C–N with tert-alkyl or cyclic N) is 1. The standard InChI is InChI=1S/C20H29ClN2O3/c1-15(12-21)23(13-16-8-6-5-7-9-16)17-10-11-22(14-18(17)24)19(25)26-20(2,3)4/h5-9,17-18,24H,1,10-14H2,2-4H3. The maximum Gasteiger partial charge on any atom is 0.410 e. The zero-order chi connectivity index (χ0) is 19.3. The Hall–Kier alpha value is -1.72. The number of ether oxygens (including phenoxy) is 1. The summed E-state index contributed by atoms with van der Waals surface area (Å²) in [5.74, 6) is 0.297. The van der Waals surface area contributed by atoms with Crippen molar-refractivity contribution in [3.8, 4) is 0 Å². The summed E-state index contributed by atoms with van der Waals surface area (Å²) in [7, 11) is 0. The first-order chi connectivity index (χ1) is 12.2. The summed E-state index contributed by atoms with van der Waals surface area (Å²) in [5.41, 5.74) is 1.34. The number of aliphatic hydroxyl groups is 1. The highest BCUT2D eigenvalue weighted by Crippen LogP contribution is 2.24. The topological polar surface area (TPSA) is 53.0 Å². The molecule has 0 saturated carbocycles. The van der Waals surface area contributed by atoms with Crippen LogP contribution in [0.5, 0.6) is 0 Å². The number of hydrogen-bond acceptors (Lipinski definition) is 4. The van der Waals surface area contributed by atoms with Crippen molar-refractivity contribution in [2.75, 3.05) is 19.0 Å². The summed E-state index contributed by atoms with van der Waals surface area (Å²) in [5, 5.41) is 10.7. The molecule has 0 bridgehead atoms. The van der Waals surface area contributed by atoms with Crippen LogP contribution in [0.3, 0.4) is 0 Å². The number of piperidine rings is 1. The molecule has 0 aliphatic carbocycles. The van der Waals surface area contributed by atoms with Crippen molar-refractivity contribution in [1.29, 1.82) is 0 Å². The number of hydrogen-bond donors (Lipinski definition) is 1. The van der Waals surface area contributed by atoms with E-state index in [4.69, 9.17) is 16.3 Å². The van der Waals surface area contributed by atoms with E-state index >= 15 is 0 Å². The van der Waals surface area contributed by atoms with Gasteiger partial charge in [-0.2, -0.15) is 0 Å². The van der Waals surface area contributed by atoms with Gasteiger partial charge in [-0.15, -0.1) is 11.6 Å². The van der Waals surface area contributed by atoms with Crippen LogP contribution < -0.4 is 0 Å². The number of rotatable bonds is 5. The first kappa shape index (κ1) is 20.6. The lowest BCUT2D eigenvalue weighted by molar-refractivity contribution is -0.0237. The highest BCUT2D eigenvalue weighted by atomic mass is 35.5. The van der Waals surface area contributed by atoms with E-state index in [0.29, 0.717) is 25.4 Å². The van der Waals surface area contributed by atoms with Gasteiger partial charge in [-0.25, -0.2) is 4.79 Å². The second-order valence-electron chi connectivity index (χ2n) is 7.66. The van der Waals surface area contributed by atoms with E-state index in [0.717, 1.165) is 11.3 Å². The molecule has 1 aromatic rings. The van der Waals surface area contributed by atoms with Crippen LogP contribution in [0.25, 0.3) is 0 Å². The molecule has 1 heterocycles. The summed E-state index contributed by atoms with van der Waals surface area (Å²) in [6.07, 6.45) is -0.455. The molecule has 1 N–H and O–H groups in total. The van der Waals surface area contributed by atoms with Gasteiger partial charge >= 0.3 is 6.09 Å². The van der Waals surface area contributed by atoms with Gasteiger partial charge in [-0.05, 0) is 32.8 Å². The van der Waals surface area contributed by atoms with Crippen LogP contribution in [-0.4, -0.2) is 57.7 Å². The average molecular weight is 381 g/mol. The second kappa shape index (κ2) is 8.78. The predicted octanol–water partition coefficient (Wildman–Crippen LogP) is 3.61. The molecule has 1 aromatic carbocycles. The molecule has 0 radical (unpaired) electrons. The van der Waals surface area contributed by atoms with Gasteiger partial charge in [0.25, 0.3) is 0 Å². The smallest absolute Gasteiger partial charge is 0.410 e. The van der Waals surface area contributed by atoms with Crippen molar-refractivity contribution in [2.45, 2.75) is 51.5 Å². The molecule has 1 aliphatic heterocycles. The third-order valence-electron chi connectivity index (χ3n) is 4.35. The third-order valence-corrected chi connectivity index (χ3v) is 4.66. The van der Waals surface area contributed by atoms with Crippen LogP contribution in [0.15, 0.2) is 42.6 Å². The van der Waals surface area contributed by atoms with Gasteiger partial charge in [0.2, 0.25) is 0 Å². The molecule has 6 heteroatoms. The van der Waals surface area contributed by atoms with Crippen LogP contribution in [0.4, 0.5) is 4.79 Å². The van der Waals surface area contributed by atoms with E-state index in [1.807, 2.05) is 51.1 Å². The lowest BCUT2D eigenvalue weighted by Crippen LogP contribution is -2.55. The number of carbonyl (C=O) groups is 1. The van der Waals surface area contributed by atoms with E-state index in [-0.39, 0.29) is 18.7 Å². The maximum absolute atomic E-state index is 12.3. The first-order valence-corrected chi connectivity index (χ1v) is 9.45. The average Bonchev–Trinajstić information content (AvgIpc) is 2.58. The molecular formula is C20H29ClN2O3. The highest BCUT2D eigenvalue weighted by Gasteiger charge is 2.35. The molecular weight excluding hydrogens is 352 g/mol. The molecule has 0 aromatic heterocycles. The van der Waals surface area contributed by atoms with Gasteiger partial charge in [-0.1, -0.05) is 36.9 Å². The van der Waals surface area contributed by atoms with Crippen LogP contribution in [-0.2, 0) is 11.3 Å². The molecule has 1 saturated heterocycles. The number of carbonyl (C=O) groups excluding carboxylic acids is 1. The van der Waals surface area contributed by atoms with E-state index in [9.17, 15) is 9.90 Å². The fourth-order valence-corrected chi connectivity index (χ4v) is 3.25. The molecule has 1 amide bonds. The van der Waals surface area contributed by atoms with E-state index in [2.05, 4.69) is 11.5 Å². The quantitative estimate of drug-likeness (QED) is 0.793. The molecule has 144 valence electrons. The van der Waals surface area contributed by atoms with Crippen molar-refractivity contribution in [3.63, 3.8) is 0 Å². The molecule has 26 heavy (non-hydrogen) atoms. The molecule has 5 nitrogen and oxygen atoms in total. The number of likely N-dealkylation sites (tertiary alicyclic amines) is 1. The van der Waals surface area contributed by atoms with Gasteiger partial charge in [-0.3, -0.25) is 0 Å². The monoisotopic (exact) mass is 380 g/mol. The zero-order valence-electron chi connectivity index (χ0n) is 15.8. The number of aliphatic hydroxyl groups excluding tert-OH is 1. The van der Waals surface area contributed by atoms with Crippen molar-refractivity contribution in [3.05, 3.63) is 48.2 Å². The van der Waals surface area contributed by atoms with Crippen LogP contribution >= 0.6 is 11.6 Å². The van der Waals surface area contributed by atoms with Crippen molar-refractivity contribution in [2.24, 2.45) is 0 Å². The van der Waals surface area contributed by atoms with E-state index in [1.54, 1.807) is 4.90 Å². The minimum absolute atomic E-state index is 0.139. The maximum atomic E-state index is 12.3. The molecule has 1 aliphatic rings. The third kappa shape index (κ3) is 5.64. The summed E-state index contributed by atoms with van der Waals surface area (Å²) in [6, 6.07) is 9.88. The molecule has 0 spiro atoms. The summed E-state index contributed by atoms with van der Waals surface area (Å²) < 4.78 is 5.41. The summed E-state index contributed by atoms with van der Waals surface area (Å²) in [4.78, 5) is 15.9. The summed E-state index contributed by atoms with van der Waals surface area (Å²) in [6.45, 7) is 10.9. The number of amides is 1. The van der Waals surface area contributed by atoms with E-state index < -0.39 is 11.7 Å². The highest BCUT2D eigenvalue weighted by molar-refractivity contribution is 6.19. The fraction of sp³-hybridized carbons (Fsp3) is 0.550. The van der Waals surface area contributed by atoms with Crippen molar-refractivity contribution >= 4 is 17.7 Å². The molecule has 2 unspecified atom stereocenters. The zero-order valence-corrected chi connectivity index (χ0v) is 16.6. The van der Waals surface area contributed by atoms with Gasteiger partial charge in [0.1, 0.15) is 5.60 Å². The minimum Gasteiger partial charge on any atom is -0.444 e. The lowest BCUT2D eigenvalue weighted by atomic mass is 9.99. The number of benzene rings is 1. The Kier molecular flexibility index (Phi) is 6.95. The van der Waals surface area contributed by atoms with Gasteiger partial charge in [0.15, 0.2) is 0 Å².